The van der Waals surface area contributed by atoms with E-state index in [1.54, 1.807) is 19.4 Å². The molecule has 0 spiro atoms. The summed E-state index contributed by atoms with van der Waals surface area (Å²) in [6.07, 6.45) is 2.84. The zero-order valence-corrected chi connectivity index (χ0v) is 10.3. The Morgan fingerprint density at radius 1 is 1.71 bits per heavy atom. The molecule has 0 bridgehead atoms. The lowest BCUT2D eigenvalue weighted by molar-refractivity contribution is -0.132. The predicted molar refractivity (Wildman–Crippen MR) is 65.3 cm³/mol. The van der Waals surface area contributed by atoms with E-state index in [-0.39, 0.29) is 5.91 Å². The molecule has 1 unspecified atom stereocenters. The number of amides is 1. The minimum Gasteiger partial charge on any atom is -0.365 e. The van der Waals surface area contributed by atoms with E-state index in [9.17, 15) is 4.79 Å². The van der Waals surface area contributed by atoms with E-state index in [0.29, 0.717) is 18.2 Å². The predicted octanol–water partition coefficient (Wildman–Crippen LogP) is 0.686. The number of ether oxygens (including phenoxy) is 1. The molecule has 0 aliphatic carbocycles. The van der Waals surface area contributed by atoms with Gasteiger partial charge in [0.15, 0.2) is 6.10 Å². The van der Waals surface area contributed by atoms with Crippen LogP contribution < -0.4 is 10.2 Å². The number of halogens is 1. The smallest absolute Gasteiger partial charge is 0.250 e. The number of rotatable bonds is 2. The molecule has 17 heavy (non-hydrogen) atoms. The molecule has 0 aromatic carbocycles. The number of carbonyl (C=O) groups excluding carboxylic acids is 1. The number of pyridine rings is 1. The number of likely N-dealkylation sites (N-methyl/N-ethyl adjacent to an activating group) is 1. The highest BCUT2D eigenvalue weighted by Gasteiger charge is 2.26. The second-order valence-corrected chi connectivity index (χ2v) is 4.15. The van der Waals surface area contributed by atoms with E-state index < -0.39 is 6.10 Å². The lowest BCUT2D eigenvalue weighted by Gasteiger charge is -2.33. The van der Waals surface area contributed by atoms with Crippen molar-refractivity contribution in [2.24, 2.45) is 0 Å². The molecule has 2 rings (SSSR count). The van der Waals surface area contributed by atoms with Gasteiger partial charge in [0, 0.05) is 26.0 Å². The van der Waals surface area contributed by atoms with Crippen molar-refractivity contribution in [3.63, 3.8) is 0 Å². The van der Waals surface area contributed by atoms with Crippen molar-refractivity contribution < 1.29 is 9.53 Å². The number of hydrogen-bond donors (Lipinski definition) is 1. The van der Waals surface area contributed by atoms with Crippen LogP contribution >= 0.6 is 11.6 Å². The van der Waals surface area contributed by atoms with Crippen LogP contribution in [0, 0.1) is 0 Å². The van der Waals surface area contributed by atoms with Crippen molar-refractivity contribution in [3.05, 3.63) is 23.5 Å². The molecule has 1 N–H and O–H groups in total. The van der Waals surface area contributed by atoms with Gasteiger partial charge < -0.3 is 15.0 Å². The second kappa shape index (κ2) is 5.33. The van der Waals surface area contributed by atoms with E-state index in [1.807, 2.05) is 11.0 Å². The quantitative estimate of drug-likeness (QED) is 0.845. The average Bonchev–Trinajstić information content (AvgIpc) is 2.38. The van der Waals surface area contributed by atoms with Gasteiger partial charge in [-0.15, -0.1) is 0 Å². The summed E-state index contributed by atoms with van der Waals surface area (Å²) in [7, 11) is 1.60. The number of anilines is 1. The van der Waals surface area contributed by atoms with E-state index >= 15 is 0 Å². The Bertz CT molecular complexity index is 413. The number of aromatic nitrogens is 1. The molecule has 6 heteroatoms. The summed E-state index contributed by atoms with van der Waals surface area (Å²) in [5.74, 6) is -0.111. The third-order valence-corrected chi connectivity index (χ3v) is 2.99. The maximum Gasteiger partial charge on any atom is 0.250 e. The number of nitrogens with zero attached hydrogens (tertiary/aromatic N) is 2. The summed E-state index contributed by atoms with van der Waals surface area (Å²) >= 11 is 6.07. The van der Waals surface area contributed by atoms with Crippen molar-refractivity contribution in [1.82, 2.24) is 10.3 Å². The van der Waals surface area contributed by atoms with Gasteiger partial charge in [-0.2, -0.15) is 0 Å². The zero-order chi connectivity index (χ0) is 12.3. The average molecular weight is 256 g/mol. The molecule has 0 radical (unpaired) electrons. The number of hydrogen-bond acceptors (Lipinski definition) is 4. The summed E-state index contributed by atoms with van der Waals surface area (Å²) in [6, 6.07) is 1.84. The van der Waals surface area contributed by atoms with Crippen LogP contribution in [0.2, 0.25) is 5.02 Å². The highest BCUT2D eigenvalue weighted by Crippen LogP contribution is 2.25. The molecule has 1 aliphatic rings. The van der Waals surface area contributed by atoms with E-state index in [4.69, 9.17) is 16.3 Å². The van der Waals surface area contributed by atoms with Gasteiger partial charge in [0.25, 0.3) is 5.91 Å². The first-order valence-corrected chi connectivity index (χ1v) is 5.78. The van der Waals surface area contributed by atoms with Crippen LogP contribution in [0.15, 0.2) is 18.5 Å². The van der Waals surface area contributed by atoms with Gasteiger partial charge in [-0.25, -0.2) is 0 Å². The molecule has 1 amide bonds. The van der Waals surface area contributed by atoms with Crippen LogP contribution in [0.5, 0.6) is 0 Å². The van der Waals surface area contributed by atoms with Crippen molar-refractivity contribution in [2.45, 2.75) is 6.10 Å². The zero-order valence-electron chi connectivity index (χ0n) is 9.52. The molecular weight excluding hydrogens is 242 g/mol. The lowest BCUT2D eigenvalue weighted by atomic mass is 10.2. The Hall–Kier alpha value is -1.33. The van der Waals surface area contributed by atoms with Crippen LogP contribution in [-0.2, 0) is 9.53 Å². The van der Waals surface area contributed by atoms with E-state index in [2.05, 4.69) is 10.3 Å². The van der Waals surface area contributed by atoms with Crippen molar-refractivity contribution in [3.8, 4) is 0 Å². The maximum atomic E-state index is 11.5. The van der Waals surface area contributed by atoms with Gasteiger partial charge in [-0.3, -0.25) is 9.78 Å². The normalized spacial score (nSPS) is 20.1. The molecule has 1 aliphatic heterocycles. The molecule has 1 aromatic heterocycles. The van der Waals surface area contributed by atoms with Crippen LogP contribution in [-0.4, -0.2) is 43.7 Å². The maximum absolute atomic E-state index is 11.5. The fourth-order valence-electron chi connectivity index (χ4n) is 1.81. The van der Waals surface area contributed by atoms with Gasteiger partial charge in [-0.1, -0.05) is 11.6 Å². The molecule has 1 saturated heterocycles. The van der Waals surface area contributed by atoms with Crippen molar-refractivity contribution >= 4 is 23.2 Å². The van der Waals surface area contributed by atoms with E-state index in [1.165, 1.54) is 0 Å². The highest BCUT2D eigenvalue weighted by atomic mass is 35.5. The van der Waals surface area contributed by atoms with Crippen LogP contribution in [0.25, 0.3) is 0 Å². The van der Waals surface area contributed by atoms with Crippen LogP contribution in [0.1, 0.15) is 0 Å². The fraction of sp³-hybridized carbons (Fsp3) is 0.455. The van der Waals surface area contributed by atoms with Gasteiger partial charge >= 0.3 is 0 Å². The molecule has 92 valence electrons. The molecule has 1 atom stereocenters. The highest BCUT2D eigenvalue weighted by molar-refractivity contribution is 6.33. The van der Waals surface area contributed by atoms with Gasteiger partial charge in [0.1, 0.15) is 0 Å². The minimum atomic E-state index is -0.446. The molecule has 2 heterocycles. The summed E-state index contributed by atoms with van der Waals surface area (Å²) in [5.41, 5.74) is 0.888. The third-order valence-electron chi connectivity index (χ3n) is 2.70. The van der Waals surface area contributed by atoms with Crippen LogP contribution in [0.3, 0.4) is 0 Å². The monoisotopic (exact) mass is 255 g/mol. The molecular formula is C11H14ClN3O2. The Labute approximate surface area is 105 Å². The lowest BCUT2D eigenvalue weighted by Crippen LogP contribution is -2.49. The first-order chi connectivity index (χ1) is 8.22. The second-order valence-electron chi connectivity index (χ2n) is 3.75. The first kappa shape index (κ1) is 12.1. The van der Waals surface area contributed by atoms with Crippen molar-refractivity contribution in [1.29, 1.82) is 0 Å². The number of nitrogens with one attached hydrogen (secondary N) is 1. The Morgan fingerprint density at radius 3 is 3.24 bits per heavy atom. The SMILES string of the molecule is CNC(=O)C1CN(c2ccncc2Cl)CCO1. The van der Waals surface area contributed by atoms with Gasteiger partial charge in [0.05, 0.1) is 23.9 Å². The largest absolute Gasteiger partial charge is 0.365 e. The van der Waals surface area contributed by atoms with Crippen molar-refractivity contribution in [2.75, 3.05) is 31.6 Å². The van der Waals surface area contributed by atoms with Gasteiger partial charge in [-0.05, 0) is 6.07 Å². The summed E-state index contributed by atoms with van der Waals surface area (Å²) in [6.45, 7) is 1.73. The summed E-state index contributed by atoms with van der Waals surface area (Å²) in [4.78, 5) is 17.5. The topological polar surface area (TPSA) is 54.5 Å². The van der Waals surface area contributed by atoms with E-state index in [0.717, 1.165) is 12.2 Å². The summed E-state index contributed by atoms with van der Waals surface area (Å²) < 4.78 is 5.41. The standard InChI is InChI=1S/C11H14ClN3O2/c1-13-11(16)10-7-15(4-5-17-10)9-2-3-14-6-8(9)12/h2-3,6,10H,4-5,7H2,1H3,(H,13,16). The van der Waals surface area contributed by atoms with Crippen LogP contribution in [0.4, 0.5) is 5.69 Å². The van der Waals surface area contributed by atoms with Gasteiger partial charge in [0.2, 0.25) is 0 Å². The molecule has 5 nitrogen and oxygen atoms in total. The number of morpholine rings is 1. The minimum absolute atomic E-state index is 0.111. The Kier molecular flexibility index (Phi) is 3.81. The third kappa shape index (κ3) is 2.68. The Balaban J connectivity index is 2.12. The molecule has 0 saturated carbocycles. The molecule has 1 aromatic rings. The Morgan fingerprint density at radius 2 is 2.53 bits per heavy atom. The first-order valence-electron chi connectivity index (χ1n) is 5.40. The fourth-order valence-corrected chi connectivity index (χ4v) is 2.05. The number of carbonyl (C=O) groups is 1. The summed E-state index contributed by atoms with van der Waals surface area (Å²) in [5, 5.41) is 3.17. The molecule has 1 fully saturated rings.